The summed E-state index contributed by atoms with van der Waals surface area (Å²) >= 11 is 0. The van der Waals surface area contributed by atoms with E-state index in [1.54, 1.807) is 0 Å². The van der Waals surface area contributed by atoms with E-state index < -0.39 is 0 Å². The molecule has 1 fully saturated rings. The second-order valence-corrected chi connectivity index (χ2v) is 6.27. The molecule has 2 heteroatoms. The molecule has 1 aromatic carbocycles. The van der Waals surface area contributed by atoms with Gasteiger partial charge in [0.15, 0.2) is 0 Å². The zero-order chi connectivity index (χ0) is 14.5. The maximum absolute atomic E-state index is 6.51. The monoisotopic (exact) mass is 274 g/mol. The third kappa shape index (κ3) is 3.62. The van der Waals surface area contributed by atoms with E-state index in [0.717, 1.165) is 12.3 Å². The average Bonchev–Trinajstić information content (AvgIpc) is 2.53. The molecule has 112 valence electrons. The summed E-state index contributed by atoms with van der Waals surface area (Å²) < 4.78 is 0. The number of aryl methyl sites for hydroxylation is 1. The van der Waals surface area contributed by atoms with Crippen molar-refractivity contribution < 1.29 is 0 Å². The number of hydrogen-bond acceptors (Lipinski definition) is 2. The first-order valence-electron chi connectivity index (χ1n) is 8.24. The van der Waals surface area contributed by atoms with Crippen molar-refractivity contribution in [2.24, 2.45) is 11.7 Å². The highest BCUT2D eigenvalue weighted by Gasteiger charge is 2.26. The Morgan fingerprint density at radius 2 is 1.95 bits per heavy atom. The van der Waals surface area contributed by atoms with Crippen LogP contribution in [0.2, 0.25) is 0 Å². The molecular weight excluding hydrogens is 244 g/mol. The minimum Gasteiger partial charge on any atom is -0.323 e. The predicted molar refractivity (Wildman–Crippen MR) is 86.8 cm³/mol. The van der Waals surface area contributed by atoms with Gasteiger partial charge in [-0.05, 0) is 49.8 Å². The van der Waals surface area contributed by atoms with Crippen molar-refractivity contribution in [3.05, 3.63) is 35.4 Å². The van der Waals surface area contributed by atoms with Crippen molar-refractivity contribution in [2.75, 3.05) is 13.1 Å². The van der Waals surface area contributed by atoms with Crippen molar-refractivity contribution in [3.63, 3.8) is 0 Å². The molecule has 1 aliphatic heterocycles. The van der Waals surface area contributed by atoms with Gasteiger partial charge in [-0.25, -0.2) is 0 Å². The van der Waals surface area contributed by atoms with E-state index in [1.807, 2.05) is 0 Å². The van der Waals surface area contributed by atoms with Gasteiger partial charge >= 0.3 is 0 Å². The lowest BCUT2D eigenvalue weighted by molar-refractivity contribution is 0.114. The number of hydrogen-bond donors (Lipinski definition) is 1. The number of nitrogens with zero attached hydrogens (tertiary/aromatic N) is 1. The third-order valence-corrected chi connectivity index (χ3v) is 5.00. The number of piperidine rings is 1. The van der Waals surface area contributed by atoms with Crippen LogP contribution < -0.4 is 5.73 Å². The molecule has 1 aliphatic rings. The van der Waals surface area contributed by atoms with Crippen molar-refractivity contribution in [2.45, 2.75) is 58.5 Å². The molecule has 0 radical (unpaired) electrons. The van der Waals surface area contributed by atoms with Gasteiger partial charge < -0.3 is 5.73 Å². The maximum atomic E-state index is 6.51. The van der Waals surface area contributed by atoms with Crippen LogP contribution >= 0.6 is 0 Å². The summed E-state index contributed by atoms with van der Waals surface area (Å²) in [7, 11) is 0. The Morgan fingerprint density at radius 3 is 2.55 bits per heavy atom. The minimum atomic E-state index is 0.122. The summed E-state index contributed by atoms with van der Waals surface area (Å²) in [5.41, 5.74) is 9.16. The molecule has 0 spiro atoms. The highest BCUT2D eigenvalue weighted by molar-refractivity contribution is 5.25. The molecule has 3 atom stereocenters. The number of likely N-dealkylation sites (tertiary alicyclic amines) is 1. The first-order chi connectivity index (χ1) is 9.65. The molecule has 2 N–H and O–H groups in total. The van der Waals surface area contributed by atoms with Crippen LogP contribution in [0, 0.1) is 5.92 Å². The van der Waals surface area contributed by atoms with E-state index in [9.17, 15) is 0 Å². The molecule has 3 unspecified atom stereocenters. The molecule has 0 aliphatic carbocycles. The van der Waals surface area contributed by atoms with Crippen LogP contribution in [-0.4, -0.2) is 24.0 Å². The van der Waals surface area contributed by atoms with Crippen LogP contribution in [0.5, 0.6) is 0 Å². The van der Waals surface area contributed by atoms with Crippen molar-refractivity contribution >= 4 is 0 Å². The fourth-order valence-electron chi connectivity index (χ4n) is 3.28. The topological polar surface area (TPSA) is 29.3 Å². The molecule has 0 amide bonds. The summed E-state index contributed by atoms with van der Waals surface area (Å²) in [5.74, 6) is 0.862. The van der Waals surface area contributed by atoms with Gasteiger partial charge in [-0.1, -0.05) is 44.5 Å². The normalized spacial score (nSPS) is 23.5. The highest BCUT2D eigenvalue weighted by atomic mass is 15.2. The molecule has 2 rings (SSSR count). The number of nitrogens with two attached hydrogens (primary N) is 1. The quantitative estimate of drug-likeness (QED) is 0.886. The minimum absolute atomic E-state index is 0.122. The van der Waals surface area contributed by atoms with Crippen molar-refractivity contribution in [1.29, 1.82) is 0 Å². The van der Waals surface area contributed by atoms with E-state index in [-0.39, 0.29) is 6.04 Å². The summed E-state index contributed by atoms with van der Waals surface area (Å²) in [6, 6.07) is 9.40. The van der Waals surface area contributed by atoms with Gasteiger partial charge in [-0.15, -0.1) is 0 Å². The summed E-state index contributed by atoms with van der Waals surface area (Å²) in [6.07, 6.45) is 5.10. The zero-order valence-corrected chi connectivity index (χ0v) is 13.3. The van der Waals surface area contributed by atoms with Gasteiger partial charge in [-0.3, -0.25) is 4.90 Å². The lowest BCUT2D eigenvalue weighted by Crippen LogP contribution is -2.46. The largest absolute Gasteiger partial charge is 0.323 e. The lowest BCUT2D eigenvalue weighted by atomic mass is 9.92. The van der Waals surface area contributed by atoms with E-state index in [4.69, 9.17) is 5.73 Å². The van der Waals surface area contributed by atoms with Crippen LogP contribution in [0.15, 0.2) is 24.3 Å². The molecule has 0 aromatic heterocycles. The summed E-state index contributed by atoms with van der Waals surface area (Å²) in [4.78, 5) is 2.59. The first-order valence-corrected chi connectivity index (χ1v) is 8.24. The van der Waals surface area contributed by atoms with Crippen LogP contribution in [0.1, 0.15) is 57.2 Å². The molecule has 20 heavy (non-hydrogen) atoms. The van der Waals surface area contributed by atoms with E-state index in [0.29, 0.717) is 6.04 Å². The molecule has 1 heterocycles. The number of rotatable bonds is 5. The Balaban J connectivity index is 2.01. The van der Waals surface area contributed by atoms with Crippen molar-refractivity contribution in [3.8, 4) is 0 Å². The summed E-state index contributed by atoms with van der Waals surface area (Å²) in [5, 5.41) is 0. The standard InChI is InChI=1S/C18H30N2/c1-4-15-8-10-17(11-9-15)18(19)14(3)20-12-6-7-16(5-2)13-20/h8-11,14,16,18H,4-7,12-13,19H2,1-3H3. The van der Waals surface area contributed by atoms with Gasteiger partial charge in [0.1, 0.15) is 0 Å². The first kappa shape index (κ1) is 15.5. The van der Waals surface area contributed by atoms with E-state index in [2.05, 4.69) is 49.9 Å². The molecule has 0 saturated carbocycles. The van der Waals surface area contributed by atoms with Gasteiger partial charge in [-0.2, -0.15) is 0 Å². The van der Waals surface area contributed by atoms with Crippen LogP contribution in [0.25, 0.3) is 0 Å². The van der Waals surface area contributed by atoms with Gasteiger partial charge in [0, 0.05) is 18.6 Å². The Labute approximate surface area is 124 Å². The highest BCUT2D eigenvalue weighted by Crippen LogP contribution is 2.25. The van der Waals surface area contributed by atoms with Gasteiger partial charge in [0.05, 0.1) is 0 Å². The van der Waals surface area contributed by atoms with E-state index >= 15 is 0 Å². The second-order valence-electron chi connectivity index (χ2n) is 6.27. The third-order valence-electron chi connectivity index (χ3n) is 5.00. The smallest absolute Gasteiger partial charge is 0.0450 e. The second kappa shape index (κ2) is 7.24. The van der Waals surface area contributed by atoms with Gasteiger partial charge in [0.25, 0.3) is 0 Å². The zero-order valence-electron chi connectivity index (χ0n) is 13.3. The Bertz CT molecular complexity index is 398. The molecule has 0 bridgehead atoms. The van der Waals surface area contributed by atoms with Crippen LogP contribution in [-0.2, 0) is 6.42 Å². The van der Waals surface area contributed by atoms with E-state index in [1.165, 1.54) is 43.5 Å². The fourth-order valence-corrected chi connectivity index (χ4v) is 3.28. The Hall–Kier alpha value is -0.860. The molecular formula is C18H30N2. The molecule has 2 nitrogen and oxygen atoms in total. The lowest BCUT2D eigenvalue weighted by Gasteiger charge is -2.39. The van der Waals surface area contributed by atoms with Crippen molar-refractivity contribution in [1.82, 2.24) is 4.90 Å². The summed E-state index contributed by atoms with van der Waals surface area (Å²) in [6.45, 7) is 9.21. The maximum Gasteiger partial charge on any atom is 0.0450 e. The Morgan fingerprint density at radius 1 is 1.25 bits per heavy atom. The Kier molecular flexibility index (Phi) is 5.62. The molecule has 1 saturated heterocycles. The fraction of sp³-hybridized carbons (Fsp3) is 0.667. The predicted octanol–water partition coefficient (Wildman–Crippen LogP) is 3.76. The average molecular weight is 274 g/mol. The number of benzene rings is 1. The van der Waals surface area contributed by atoms with Crippen LogP contribution in [0.4, 0.5) is 0 Å². The molecule has 1 aromatic rings. The SMILES string of the molecule is CCc1ccc(C(N)C(C)N2CCCC(CC)C2)cc1. The van der Waals surface area contributed by atoms with Crippen LogP contribution in [0.3, 0.4) is 0 Å². The van der Waals surface area contributed by atoms with Gasteiger partial charge in [0.2, 0.25) is 0 Å².